The first-order valence-corrected chi connectivity index (χ1v) is 13.7. The van der Waals surface area contributed by atoms with Crippen LogP contribution in [0.2, 0.25) is 0 Å². The molecule has 0 spiro atoms. The van der Waals surface area contributed by atoms with Crippen molar-refractivity contribution in [2.45, 2.75) is 11.3 Å². The molecule has 5 rings (SSSR count). The fraction of sp³-hybridized carbons (Fsp3) is 0.125. The first-order chi connectivity index (χ1) is 18.3. The number of imidazole rings is 1. The Morgan fingerprint density at radius 1 is 1.08 bits per heavy atom. The number of nitrogens with zero attached hydrogens (tertiary/aromatic N) is 5. The molecule has 0 amide bonds. The third-order valence-corrected chi connectivity index (χ3v) is 7.78. The van der Waals surface area contributed by atoms with E-state index in [1.807, 2.05) is 16.0 Å². The van der Waals surface area contributed by atoms with Gasteiger partial charge in [-0.3, -0.25) is 14.5 Å². The van der Waals surface area contributed by atoms with E-state index in [1.54, 1.807) is 24.4 Å². The van der Waals surface area contributed by atoms with Crippen LogP contribution < -0.4 is 10.0 Å². The topological polar surface area (TPSA) is 144 Å². The van der Waals surface area contributed by atoms with E-state index in [0.29, 0.717) is 46.5 Å². The number of halogens is 1. The predicted molar refractivity (Wildman–Crippen MR) is 141 cm³/mol. The Balaban J connectivity index is 1.30. The van der Waals surface area contributed by atoms with Crippen molar-refractivity contribution in [2.75, 3.05) is 18.4 Å². The van der Waals surface area contributed by atoms with E-state index < -0.39 is 20.8 Å². The quantitative estimate of drug-likeness (QED) is 0.148. The number of aromatic nitrogens is 4. The van der Waals surface area contributed by atoms with Crippen LogP contribution in [0.4, 0.5) is 16.0 Å². The zero-order valence-corrected chi connectivity index (χ0v) is 21.2. The van der Waals surface area contributed by atoms with E-state index in [-0.39, 0.29) is 17.1 Å². The van der Waals surface area contributed by atoms with Crippen LogP contribution in [0, 0.1) is 15.9 Å². The van der Waals surface area contributed by atoms with E-state index in [2.05, 4.69) is 25.0 Å². The summed E-state index contributed by atoms with van der Waals surface area (Å²) in [5, 5.41) is 16.3. The Morgan fingerprint density at radius 3 is 2.68 bits per heavy atom. The summed E-state index contributed by atoms with van der Waals surface area (Å²) in [5.74, 6) is -0.178. The van der Waals surface area contributed by atoms with Crippen LogP contribution in [0.1, 0.15) is 6.42 Å². The molecule has 0 saturated heterocycles. The summed E-state index contributed by atoms with van der Waals surface area (Å²) in [6.45, 7) is 0.537. The van der Waals surface area contributed by atoms with Crippen molar-refractivity contribution in [3.05, 3.63) is 88.3 Å². The lowest BCUT2D eigenvalue weighted by Crippen LogP contribution is -2.26. The number of nitrogens with one attached hydrogen (secondary N) is 2. The first kappa shape index (κ1) is 25.4. The molecule has 0 aliphatic rings. The smallest absolute Gasteiger partial charge is 0.270 e. The molecule has 0 radical (unpaired) electrons. The lowest BCUT2D eigenvalue weighted by Gasteiger charge is -2.09. The number of nitro benzene ring substituents is 1. The Kier molecular flexibility index (Phi) is 7.09. The van der Waals surface area contributed by atoms with Gasteiger partial charge in [-0.15, -0.1) is 11.3 Å². The van der Waals surface area contributed by atoms with Crippen molar-refractivity contribution in [3.8, 4) is 22.6 Å². The minimum absolute atomic E-state index is 0.0111. The number of nitro groups is 1. The van der Waals surface area contributed by atoms with Crippen molar-refractivity contribution in [1.29, 1.82) is 0 Å². The molecular formula is C24H20FN7O4S2. The number of sulfonamides is 1. The van der Waals surface area contributed by atoms with Gasteiger partial charge < -0.3 is 5.32 Å². The molecule has 2 N–H and O–H groups in total. The second-order valence-electron chi connectivity index (χ2n) is 8.07. The van der Waals surface area contributed by atoms with Crippen molar-refractivity contribution in [3.63, 3.8) is 0 Å². The summed E-state index contributed by atoms with van der Waals surface area (Å²) in [5.41, 5.74) is 2.34. The van der Waals surface area contributed by atoms with Gasteiger partial charge in [-0.25, -0.2) is 32.5 Å². The van der Waals surface area contributed by atoms with Gasteiger partial charge in [0, 0.05) is 48.6 Å². The molecule has 5 aromatic rings. The van der Waals surface area contributed by atoms with E-state index >= 15 is 0 Å². The third kappa shape index (κ3) is 5.37. The Bertz CT molecular complexity index is 1720. The molecule has 0 aliphatic carbocycles. The van der Waals surface area contributed by atoms with Crippen LogP contribution in [0.25, 0.3) is 27.6 Å². The van der Waals surface area contributed by atoms with Crippen molar-refractivity contribution in [2.24, 2.45) is 0 Å². The average Bonchev–Trinajstić information content (AvgIpc) is 3.50. The molecule has 0 saturated carbocycles. The van der Waals surface area contributed by atoms with Gasteiger partial charge in [0.05, 0.1) is 15.5 Å². The summed E-state index contributed by atoms with van der Waals surface area (Å²) < 4.78 is 42.0. The second-order valence-corrected chi connectivity index (χ2v) is 10.7. The average molecular weight is 554 g/mol. The zero-order chi connectivity index (χ0) is 26.7. The summed E-state index contributed by atoms with van der Waals surface area (Å²) in [4.78, 5) is 25.1. The molecule has 38 heavy (non-hydrogen) atoms. The highest BCUT2D eigenvalue weighted by Gasteiger charge is 2.20. The number of hydrogen-bond donors (Lipinski definition) is 2. The van der Waals surface area contributed by atoms with E-state index in [4.69, 9.17) is 0 Å². The lowest BCUT2D eigenvalue weighted by molar-refractivity contribution is -0.384. The van der Waals surface area contributed by atoms with Crippen LogP contribution >= 0.6 is 11.3 Å². The molecule has 0 fully saturated rings. The fourth-order valence-corrected chi connectivity index (χ4v) is 5.55. The number of non-ortho nitro benzene ring substituents is 1. The van der Waals surface area contributed by atoms with Gasteiger partial charge in [0.25, 0.3) is 5.69 Å². The fourth-order valence-electron chi connectivity index (χ4n) is 3.77. The van der Waals surface area contributed by atoms with Crippen molar-refractivity contribution < 1.29 is 17.7 Å². The zero-order valence-electron chi connectivity index (χ0n) is 19.6. The van der Waals surface area contributed by atoms with E-state index in [0.717, 1.165) is 12.1 Å². The largest absolute Gasteiger partial charge is 0.354 e. The molecule has 0 aliphatic heterocycles. The Hall–Kier alpha value is -4.27. The van der Waals surface area contributed by atoms with Crippen LogP contribution in [0.3, 0.4) is 0 Å². The van der Waals surface area contributed by atoms with Gasteiger partial charge in [-0.05, 0) is 36.8 Å². The summed E-state index contributed by atoms with van der Waals surface area (Å²) in [6, 6.07) is 12.6. The maximum Gasteiger partial charge on any atom is 0.270 e. The molecule has 0 bridgehead atoms. The molecule has 194 valence electrons. The number of benzene rings is 2. The number of hydrogen-bond acceptors (Lipinski definition) is 9. The highest BCUT2D eigenvalue weighted by molar-refractivity contribution is 7.89. The standard InChI is InChI=1S/C24H20FN7O4S2/c25-17-5-7-19(8-6-17)38(35,36)28-11-2-10-26-23-27-12-9-20(29-23)22-21(30-24-31(22)13-14-37-24)16-3-1-4-18(15-16)32(33)34/h1,3-9,12-15,28H,2,10-11H2,(H,26,27,29). The van der Waals surface area contributed by atoms with E-state index in [1.165, 1.54) is 35.6 Å². The molecule has 14 heteroatoms. The van der Waals surface area contributed by atoms with E-state index in [9.17, 15) is 22.9 Å². The highest BCUT2D eigenvalue weighted by atomic mass is 32.2. The van der Waals surface area contributed by atoms with Gasteiger partial charge >= 0.3 is 0 Å². The highest BCUT2D eigenvalue weighted by Crippen LogP contribution is 2.34. The van der Waals surface area contributed by atoms with Gasteiger partial charge in [0.2, 0.25) is 16.0 Å². The molecule has 3 aromatic heterocycles. The van der Waals surface area contributed by atoms with Crippen LogP contribution in [0.5, 0.6) is 0 Å². The normalized spacial score (nSPS) is 11.6. The van der Waals surface area contributed by atoms with Gasteiger partial charge in [0.15, 0.2) is 4.96 Å². The van der Waals surface area contributed by atoms with Gasteiger partial charge in [0.1, 0.15) is 17.2 Å². The third-order valence-electron chi connectivity index (χ3n) is 5.54. The molecule has 3 heterocycles. The number of thiazole rings is 1. The van der Waals surface area contributed by atoms with Crippen LogP contribution in [0.15, 0.2) is 77.3 Å². The minimum atomic E-state index is -3.74. The Morgan fingerprint density at radius 2 is 1.89 bits per heavy atom. The molecule has 11 nitrogen and oxygen atoms in total. The minimum Gasteiger partial charge on any atom is -0.354 e. The van der Waals surface area contributed by atoms with Crippen LogP contribution in [-0.2, 0) is 10.0 Å². The summed E-state index contributed by atoms with van der Waals surface area (Å²) >= 11 is 1.43. The molecule has 0 atom stereocenters. The second kappa shape index (κ2) is 10.6. The van der Waals surface area contributed by atoms with Gasteiger partial charge in [-0.1, -0.05) is 12.1 Å². The first-order valence-electron chi connectivity index (χ1n) is 11.3. The SMILES string of the molecule is O=[N+]([O-])c1cccc(-c2nc3sccn3c2-c2ccnc(NCCCNS(=O)(=O)c3ccc(F)cc3)n2)c1. The van der Waals surface area contributed by atoms with Crippen LogP contribution in [-0.4, -0.2) is 45.8 Å². The molecular weight excluding hydrogens is 533 g/mol. The maximum atomic E-state index is 13.1. The Labute approximate surface area is 220 Å². The van der Waals surface area contributed by atoms with Crippen molar-refractivity contribution in [1.82, 2.24) is 24.1 Å². The van der Waals surface area contributed by atoms with Gasteiger partial charge in [-0.2, -0.15) is 0 Å². The number of fused-ring (bicyclic) bond motifs is 1. The maximum absolute atomic E-state index is 13.1. The lowest BCUT2D eigenvalue weighted by atomic mass is 10.1. The summed E-state index contributed by atoms with van der Waals surface area (Å²) in [7, 11) is -3.74. The molecule has 2 aromatic carbocycles. The monoisotopic (exact) mass is 553 g/mol. The number of anilines is 1. The summed E-state index contributed by atoms with van der Waals surface area (Å²) in [6.07, 6.45) is 3.88. The number of rotatable bonds is 10. The van der Waals surface area contributed by atoms with Crippen molar-refractivity contribution >= 4 is 38.0 Å². The predicted octanol–water partition coefficient (Wildman–Crippen LogP) is 4.35. The molecule has 0 unspecified atom stereocenters.